The van der Waals surface area contributed by atoms with Crippen LogP contribution in [0.4, 0.5) is 4.39 Å². The number of carbonyl (C=O) groups is 1. The molecule has 0 saturated carbocycles. The molecular weight excluding hydrogens is 579 g/mol. The second-order valence-corrected chi connectivity index (χ2v) is 11.9. The number of aromatic carboxylic acids is 1. The van der Waals surface area contributed by atoms with Gasteiger partial charge in [0.1, 0.15) is 22.1 Å². The lowest BCUT2D eigenvalue weighted by Gasteiger charge is -2.31. The molecular formula is C30H30ClFN6O3S. The molecule has 1 fully saturated rings. The number of carboxylic acid groups (broad SMARTS) is 1. The van der Waals surface area contributed by atoms with Crippen molar-refractivity contribution in [1.29, 1.82) is 0 Å². The van der Waals surface area contributed by atoms with Crippen molar-refractivity contribution in [3.8, 4) is 5.88 Å². The number of ether oxygens (including phenoxy) is 1. The van der Waals surface area contributed by atoms with E-state index in [-0.39, 0.29) is 11.5 Å². The van der Waals surface area contributed by atoms with Crippen molar-refractivity contribution in [2.45, 2.75) is 51.8 Å². The van der Waals surface area contributed by atoms with Gasteiger partial charge in [-0.05, 0) is 51.1 Å². The molecule has 0 unspecified atom stereocenters. The molecule has 0 spiro atoms. The van der Waals surface area contributed by atoms with Gasteiger partial charge in [0.2, 0.25) is 5.88 Å². The molecule has 218 valence electrons. The molecule has 1 aliphatic rings. The Morgan fingerprint density at radius 2 is 2.07 bits per heavy atom. The summed E-state index contributed by atoms with van der Waals surface area (Å²) >= 11 is 7.11. The third-order valence-electron chi connectivity index (χ3n) is 7.71. The average molecular weight is 609 g/mol. The van der Waals surface area contributed by atoms with Crippen LogP contribution in [-0.2, 0) is 26.1 Å². The Hall–Kier alpha value is -3.80. The number of imidazole rings is 1. The Balaban J connectivity index is 1.12. The van der Waals surface area contributed by atoms with Crippen molar-refractivity contribution in [3.05, 3.63) is 99.0 Å². The zero-order valence-corrected chi connectivity index (χ0v) is 24.6. The number of aromatic nitrogens is 5. The molecule has 0 atom stereocenters. The highest BCUT2D eigenvalue weighted by Gasteiger charge is 2.25. The van der Waals surface area contributed by atoms with E-state index >= 15 is 0 Å². The predicted octanol–water partition coefficient (Wildman–Crippen LogP) is 6.05. The number of aryl methyl sites for hydroxylation is 1. The molecule has 0 aliphatic carbocycles. The van der Waals surface area contributed by atoms with Crippen molar-refractivity contribution >= 4 is 33.7 Å². The first kappa shape index (κ1) is 28.3. The highest BCUT2D eigenvalue weighted by atomic mass is 35.5. The molecule has 1 saturated heterocycles. The van der Waals surface area contributed by atoms with Crippen molar-refractivity contribution in [2.75, 3.05) is 13.1 Å². The largest absolute Gasteiger partial charge is 0.477 e. The zero-order chi connectivity index (χ0) is 29.2. The van der Waals surface area contributed by atoms with E-state index in [0.29, 0.717) is 35.3 Å². The number of fused-ring (bicyclic) bond motifs is 1. The maximum Gasteiger partial charge on any atom is 0.347 e. The van der Waals surface area contributed by atoms with Crippen molar-refractivity contribution in [3.63, 3.8) is 0 Å². The van der Waals surface area contributed by atoms with Crippen LogP contribution in [0.5, 0.6) is 5.88 Å². The van der Waals surface area contributed by atoms with Crippen LogP contribution in [0.25, 0.3) is 4.83 Å². The van der Waals surface area contributed by atoms with Gasteiger partial charge in [0.25, 0.3) is 0 Å². The normalized spacial score (nSPS) is 14.5. The number of hydrogen-bond acceptors (Lipinski definition) is 7. The van der Waals surface area contributed by atoms with Crippen molar-refractivity contribution in [1.82, 2.24) is 29.0 Å². The SMILES string of the molecule is CCn1cncc1Cc1c(CN2CCC(c3cccc(OCc4ccc(Cl)cc4F)n3)CC2)nn2cc(C(=O)O)sc12. The minimum Gasteiger partial charge on any atom is -0.477 e. The number of piperidine rings is 1. The molecule has 1 aliphatic heterocycles. The molecule has 0 radical (unpaired) electrons. The fraction of sp³-hybridized carbons (Fsp3) is 0.333. The third-order valence-corrected chi connectivity index (χ3v) is 9.07. The van der Waals surface area contributed by atoms with E-state index in [4.69, 9.17) is 26.4 Å². The number of nitrogens with zero attached hydrogens (tertiary/aromatic N) is 6. The van der Waals surface area contributed by atoms with Crippen LogP contribution in [0.1, 0.15) is 63.6 Å². The standard InChI is InChI=1S/C30H30ClFN6O3S/c1-2-37-18-33-14-22(37)13-23-26(35-38-16-27(30(39)40)42-29(23)38)15-36-10-8-19(9-11-36)25-4-3-5-28(34-25)41-17-20-6-7-21(31)12-24(20)32/h3-7,12,14,16,18-19H,2,8-11,13,15,17H2,1H3,(H,39,40). The fourth-order valence-electron chi connectivity index (χ4n) is 5.43. The molecule has 42 heavy (non-hydrogen) atoms. The monoisotopic (exact) mass is 608 g/mol. The van der Waals surface area contributed by atoms with Crippen LogP contribution < -0.4 is 4.74 Å². The number of likely N-dealkylation sites (tertiary alicyclic amines) is 1. The summed E-state index contributed by atoms with van der Waals surface area (Å²) in [5.74, 6) is -0.581. The van der Waals surface area contributed by atoms with Gasteiger partial charge >= 0.3 is 5.97 Å². The Bertz CT molecular complexity index is 1730. The first-order chi connectivity index (χ1) is 20.4. The summed E-state index contributed by atoms with van der Waals surface area (Å²) in [6, 6.07) is 10.3. The quantitative estimate of drug-likeness (QED) is 0.206. The van der Waals surface area contributed by atoms with Gasteiger partial charge in [-0.2, -0.15) is 5.10 Å². The Kier molecular flexibility index (Phi) is 8.23. The molecule has 4 aromatic heterocycles. The van der Waals surface area contributed by atoms with Crippen LogP contribution in [-0.4, -0.2) is 53.2 Å². The number of halogens is 2. The van der Waals surface area contributed by atoms with E-state index in [2.05, 4.69) is 21.4 Å². The molecule has 5 heterocycles. The number of pyridine rings is 1. The maximum atomic E-state index is 14.1. The molecule has 1 N–H and O–H groups in total. The number of hydrogen-bond donors (Lipinski definition) is 1. The lowest BCUT2D eigenvalue weighted by atomic mass is 9.93. The van der Waals surface area contributed by atoms with Crippen LogP contribution in [0.3, 0.4) is 0 Å². The van der Waals surface area contributed by atoms with Gasteiger partial charge in [-0.1, -0.05) is 23.7 Å². The summed E-state index contributed by atoms with van der Waals surface area (Å²) in [6.07, 6.45) is 7.80. The van der Waals surface area contributed by atoms with E-state index in [1.165, 1.54) is 17.4 Å². The summed E-state index contributed by atoms with van der Waals surface area (Å²) < 4.78 is 23.8. The number of carboxylic acids is 1. The van der Waals surface area contributed by atoms with Gasteiger partial charge in [0.15, 0.2) is 0 Å². The van der Waals surface area contributed by atoms with Gasteiger partial charge in [-0.15, -0.1) is 11.3 Å². The third kappa shape index (κ3) is 6.04. The van der Waals surface area contributed by atoms with Gasteiger partial charge in [0, 0.05) is 65.2 Å². The summed E-state index contributed by atoms with van der Waals surface area (Å²) in [5, 5.41) is 14.7. The molecule has 0 bridgehead atoms. The fourth-order valence-corrected chi connectivity index (χ4v) is 6.53. The van der Waals surface area contributed by atoms with Crippen LogP contribution in [0, 0.1) is 5.82 Å². The van der Waals surface area contributed by atoms with Gasteiger partial charge in [0.05, 0.1) is 18.2 Å². The second-order valence-electron chi connectivity index (χ2n) is 10.4. The van der Waals surface area contributed by atoms with Gasteiger partial charge < -0.3 is 14.4 Å². The summed E-state index contributed by atoms with van der Waals surface area (Å²) in [6.45, 7) is 5.41. The highest BCUT2D eigenvalue weighted by molar-refractivity contribution is 7.19. The van der Waals surface area contributed by atoms with E-state index < -0.39 is 11.8 Å². The van der Waals surface area contributed by atoms with E-state index in [1.54, 1.807) is 28.9 Å². The first-order valence-corrected chi connectivity index (χ1v) is 15.1. The van der Waals surface area contributed by atoms with Crippen LogP contribution in [0.2, 0.25) is 5.02 Å². The number of rotatable bonds is 10. The molecule has 9 nitrogen and oxygen atoms in total. The zero-order valence-electron chi connectivity index (χ0n) is 23.0. The Labute approximate surface area is 251 Å². The average Bonchev–Trinajstić information content (AvgIpc) is 3.69. The highest BCUT2D eigenvalue weighted by Crippen LogP contribution is 2.31. The molecule has 6 rings (SSSR count). The molecule has 12 heteroatoms. The van der Waals surface area contributed by atoms with Crippen molar-refractivity contribution in [2.24, 2.45) is 0 Å². The Morgan fingerprint density at radius 1 is 1.24 bits per heavy atom. The summed E-state index contributed by atoms with van der Waals surface area (Å²) in [7, 11) is 0. The topological polar surface area (TPSA) is 97.8 Å². The van der Waals surface area contributed by atoms with Crippen LogP contribution >= 0.6 is 22.9 Å². The van der Waals surface area contributed by atoms with Gasteiger partial charge in [-0.3, -0.25) is 4.90 Å². The lowest BCUT2D eigenvalue weighted by molar-refractivity contribution is 0.0701. The predicted molar refractivity (Wildman–Crippen MR) is 158 cm³/mol. The molecule has 0 amide bonds. The minimum atomic E-state index is -0.945. The van der Waals surface area contributed by atoms with Crippen molar-refractivity contribution < 1.29 is 19.0 Å². The van der Waals surface area contributed by atoms with E-state index in [1.807, 2.05) is 24.7 Å². The smallest absolute Gasteiger partial charge is 0.347 e. The van der Waals surface area contributed by atoms with Crippen LogP contribution in [0.15, 0.2) is 55.1 Å². The molecule has 1 aromatic carbocycles. The summed E-state index contributed by atoms with van der Waals surface area (Å²) in [5.41, 5.74) is 4.49. The number of benzene rings is 1. The second kappa shape index (κ2) is 12.2. The number of thiazole rings is 1. The Morgan fingerprint density at radius 3 is 2.83 bits per heavy atom. The maximum absolute atomic E-state index is 14.1. The van der Waals surface area contributed by atoms with E-state index in [0.717, 1.165) is 60.0 Å². The van der Waals surface area contributed by atoms with Gasteiger partial charge in [-0.25, -0.2) is 23.7 Å². The minimum absolute atomic E-state index is 0.0787. The molecule has 5 aromatic rings. The lowest BCUT2D eigenvalue weighted by Crippen LogP contribution is -2.33. The van der Waals surface area contributed by atoms with E-state index in [9.17, 15) is 14.3 Å². The first-order valence-electron chi connectivity index (χ1n) is 13.9. The summed E-state index contributed by atoms with van der Waals surface area (Å²) in [4.78, 5) is 24.2.